The van der Waals surface area contributed by atoms with Gasteiger partial charge in [-0.05, 0) is 62.1 Å². The van der Waals surface area contributed by atoms with Crippen LogP contribution in [0.2, 0.25) is 0 Å². The number of nitrogens with zero attached hydrogens (tertiary/aromatic N) is 2. The molecule has 0 unspecified atom stereocenters. The first-order chi connectivity index (χ1) is 11.1. The molecule has 0 aliphatic carbocycles. The maximum atomic E-state index is 5.69. The van der Waals surface area contributed by atoms with E-state index in [9.17, 15) is 0 Å². The molecule has 4 nitrogen and oxygen atoms in total. The molecule has 2 heterocycles. The number of hydrogen-bond acceptors (Lipinski definition) is 3. The van der Waals surface area contributed by atoms with E-state index in [4.69, 9.17) is 10.5 Å². The van der Waals surface area contributed by atoms with Crippen LogP contribution < -0.4 is 5.73 Å². The van der Waals surface area contributed by atoms with Crippen LogP contribution in [0.1, 0.15) is 37.0 Å². The van der Waals surface area contributed by atoms with E-state index in [-0.39, 0.29) is 0 Å². The van der Waals surface area contributed by atoms with Gasteiger partial charge < -0.3 is 15.0 Å². The van der Waals surface area contributed by atoms with E-state index in [1.165, 1.54) is 27.6 Å². The van der Waals surface area contributed by atoms with Crippen molar-refractivity contribution in [1.82, 2.24) is 9.47 Å². The van der Waals surface area contributed by atoms with Gasteiger partial charge in [-0.25, -0.2) is 0 Å². The van der Waals surface area contributed by atoms with Crippen LogP contribution in [-0.2, 0) is 31.3 Å². The summed E-state index contributed by atoms with van der Waals surface area (Å²) in [5.74, 6) is 0. The van der Waals surface area contributed by atoms with Crippen molar-refractivity contribution < 1.29 is 4.74 Å². The number of nitrogens with two attached hydrogens (primary N) is 1. The Morgan fingerprint density at radius 2 is 1.96 bits per heavy atom. The standard InChI is InChI=1S/C19H29N3O/c1-14(2)23-8-7-22-12-16-9-18-15(5-4-6-20)11-21(3)19(18)10-17(16)13-22/h9-11,14H,4-8,12-13,20H2,1-3H3. The van der Waals surface area contributed by atoms with Gasteiger partial charge >= 0.3 is 0 Å². The zero-order chi connectivity index (χ0) is 16.4. The summed E-state index contributed by atoms with van der Waals surface area (Å²) >= 11 is 0. The predicted octanol–water partition coefficient (Wildman–Crippen LogP) is 2.81. The predicted molar refractivity (Wildman–Crippen MR) is 95.5 cm³/mol. The number of rotatable bonds is 7. The van der Waals surface area contributed by atoms with Crippen molar-refractivity contribution in [1.29, 1.82) is 0 Å². The summed E-state index contributed by atoms with van der Waals surface area (Å²) in [4.78, 5) is 2.48. The van der Waals surface area contributed by atoms with Crippen molar-refractivity contribution in [3.05, 3.63) is 35.0 Å². The highest BCUT2D eigenvalue weighted by atomic mass is 16.5. The lowest BCUT2D eigenvalue weighted by atomic mass is 10.0. The van der Waals surface area contributed by atoms with Gasteiger partial charge in [-0.2, -0.15) is 0 Å². The summed E-state index contributed by atoms with van der Waals surface area (Å²) in [6.07, 6.45) is 4.70. The molecule has 2 N–H and O–H groups in total. The molecule has 3 rings (SSSR count). The molecule has 126 valence electrons. The van der Waals surface area contributed by atoms with Crippen LogP contribution >= 0.6 is 0 Å². The minimum absolute atomic E-state index is 0.313. The average molecular weight is 315 g/mol. The molecule has 0 radical (unpaired) electrons. The molecule has 0 atom stereocenters. The Hall–Kier alpha value is -1.36. The van der Waals surface area contributed by atoms with E-state index in [1.54, 1.807) is 0 Å². The Kier molecular flexibility index (Phi) is 5.05. The fourth-order valence-corrected chi connectivity index (χ4v) is 3.50. The van der Waals surface area contributed by atoms with Gasteiger partial charge in [0.15, 0.2) is 0 Å². The first kappa shape index (κ1) is 16.5. The van der Waals surface area contributed by atoms with Gasteiger partial charge in [0.1, 0.15) is 0 Å². The average Bonchev–Trinajstić information content (AvgIpc) is 3.03. The molecule has 0 saturated carbocycles. The van der Waals surface area contributed by atoms with Crippen LogP contribution in [0.4, 0.5) is 0 Å². The Labute approximate surface area is 139 Å². The third kappa shape index (κ3) is 3.60. The van der Waals surface area contributed by atoms with E-state index in [0.717, 1.165) is 45.6 Å². The normalized spacial score (nSPS) is 15.0. The lowest BCUT2D eigenvalue weighted by Crippen LogP contribution is -2.23. The second-order valence-electron chi connectivity index (χ2n) is 6.93. The van der Waals surface area contributed by atoms with Gasteiger partial charge in [0, 0.05) is 43.8 Å². The van der Waals surface area contributed by atoms with Gasteiger partial charge in [0.2, 0.25) is 0 Å². The van der Waals surface area contributed by atoms with Crippen LogP contribution in [0.3, 0.4) is 0 Å². The number of aryl methyl sites for hydroxylation is 2. The van der Waals surface area contributed by atoms with Crippen molar-refractivity contribution in [3.8, 4) is 0 Å². The molecule has 1 aromatic carbocycles. The highest BCUT2D eigenvalue weighted by Gasteiger charge is 2.21. The zero-order valence-electron chi connectivity index (χ0n) is 14.6. The smallest absolute Gasteiger partial charge is 0.0597 e. The monoisotopic (exact) mass is 315 g/mol. The van der Waals surface area contributed by atoms with Crippen LogP contribution in [0.5, 0.6) is 0 Å². The minimum atomic E-state index is 0.313. The van der Waals surface area contributed by atoms with Gasteiger partial charge in [-0.3, -0.25) is 4.90 Å². The summed E-state index contributed by atoms with van der Waals surface area (Å²) in [6, 6.07) is 4.78. The van der Waals surface area contributed by atoms with E-state index in [1.807, 2.05) is 0 Å². The maximum Gasteiger partial charge on any atom is 0.0597 e. The SMILES string of the molecule is CC(C)OCCN1Cc2cc3c(CCCN)cn(C)c3cc2C1. The second-order valence-corrected chi connectivity index (χ2v) is 6.93. The van der Waals surface area contributed by atoms with Crippen LogP contribution in [0, 0.1) is 0 Å². The first-order valence-corrected chi connectivity index (χ1v) is 8.72. The second kappa shape index (κ2) is 7.04. The number of aromatic nitrogens is 1. The summed E-state index contributed by atoms with van der Waals surface area (Å²) in [5.41, 5.74) is 11.4. The molecular weight excluding hydrogens is 286 g/mol. The maximum absolute atomic E-state index is 5.69. The summed E-state index contributed by atoms with van der Waals surface area (Å²) in [5, 5.41) is 1.40. The van der Waals surface area contributed by atoms with E-state index in [2.05, 4.69) is 48.7 Å². The van der Waals surface area contributed by atoms with Crippen molar-refractivity contribution >= 4 is 10.9 Å². The van der Waals surface area contributed by atoms with Crippen LogP contribution in [0.25, 0.3) is 10.9 Å². The molecule has 0 fully saturated rings. The molecule has 23 heavy (non-hydrogen) atoms. The highest BCUT2D eigenvalue weighted by Crippen LogP contribution is 2.30. The van der Waals surface area contributed by atoms with Gasteiger partial charge in [-0.1, -0.05) is 0 Å². The van der Waals surface area contributed by atoms with Gasteiger partial charge in [0.05, 0.1) is 12.7 Å². The Balaban J connectivity index is 1.76. The van der Waals surface area contributed by atoms with E-state index in [0.29, 0.717) is 6.10 Å². The van der Waals surface area contributed by atoms with Crippen molar-refractivity contribution in [2.24, 2.45) is 12.8 Å². The molecule has 0 spiro atoms. The quantitative estimate of drug-likeness (QED) is 0.854. The zero-order valence-corrected chi connectivity index (χ0v) is 14.6. The van der Waals surface area contributed by atoms with Crippen molar-refractivity contribution in [2.45, 2.75) is 45.9 Å². The highest BCUT2D eigenvalue weighted by molar-refractivity contribution is 5.85. The molecule has 1 aliphatic heterocycles. The minimum Gasteiger partial charge on any atom is -0.377 e. The molecule has 0 bridgehead atoms. The first-order valence-electron chi connectivity index (χ1n) is 8.72. The van der Waals surface area contributed by atoms with E-state index >= 15 is 0 Å². The van der Waals surface area contributed by atoms with E-state index < -0.39 is 0 Å². The number of hydrogen-bond donors (Lipinski definition) is 1. The Morgan fingerprint density at radius 1 is 1.22 bits per heavy atom. The summed E-state index contributed by atoms with van der Waals surface area (Å²) in [7, 11) is 2.14. The Morgan fingerprint density at radius 3 is 2.65 bits per heavy atom. The van der Waals surface area contributed by atoms with Crippen molar-refractivity contribution in [2.75, 3.05) is 19.7 Å². The fourth-order valence-electron chi connectivity index (χ4n) is 3.50. The fraction of sp³-hybridized carbons (Fsp3) is 0.579. The lowest BCUT2D eigenvalue weighted by molar-refractivity contribution is 0.0584. The van der Waals surface area contributed by atoms with Gasteiger partial charge in [-0.15, -0.1) is 0 Å². The van der Waals surface area contributed by atoms with Crippen LogP contribution in [-0.4, -0.2) is 35.3 Å². The molecule has 1 aromatic heterocycles. The molecule has 2 aromatic rings. The summed E-state index contributed by atoms with van der Waals surface area (Å²) in [6.45, 7) is 8.83. The largest absolute Gasteiger partial charge is 0.377 e. The number of ether oxygens (including phenoxy) is 1. The number of fused-ring (bicyclic) bond motifs is 2. The molecule has 0 amide bonds. The third-order valence-electron chi connectivity index (χ3n) is 4.69. The molecule has 0 saturated heterocycles. The van der Waals surface area contributed by atoms with Gasteiger partial charge in [0.25, 0.3) is 0 Å². The molecule has 1 aliphatic rings. The molecule has 4 heteroatoms. The summed E-state index contributed by atoms with van der Waals surface area (Å²) < 4.78 is 7.95. The molecular formula is C19H29N3O. The lowest BCUT2D eigenvalue weighted by Gasteiger charge is -2.15. The Bertz CT molecular complexity index is 675. The number of benzene rings is 1. The topological polar surface area (TPSA) is 43.4 Å². The van der Waals surface area contributed by atoms with Crippen LogP contribution in [0.15, 0.2) is 18.3 Å². The van der Waals surface area contributed by atoms with Crippen molar-refractivity contribution in [3.63, 3.8) is 0 Å². The third-order valence-corrected chi connectivity index (χ3v) is 4.69.